The summed E-state index contributed by atoms with van der Waals surface area (Å²) >= 11 is 16.7. The third-order valence-corrected chi connectivity index (χ3v) is 4.28. The Morgan fingerprint density at radius 1 is 1.38 bits per heavy atom. The van der Waals surface area contributed by atoms with E-state index in [0.29, 0.717) is 21.6 Å². The van der Waals surface area contributed by atoms with Crippen LogP contribution in [0.25, 0.3) is 0 Å². The molecule has 2 N–H and O–H groups in total. The Bertz CT molecular complexity index is 528. The first-order valence-corrected chi connectivity index (χ1v) is 6.77. The summed E-state index contributed by atoms with van der Waals surface area (Å²) < 4.78 is 0.941. The van der Waals surface area contributed by atoms with Crippen molar-refractivity contribution in [2.24, 2.45) is 0 Å². The topological polar surface area (TPSA) is 38.9 Å². The lowest BCUT2D eigenvalue weighted by atomic mass is 10.1. The second-order valence-electron chi connectivity index (χ2n) is 3.19. The molecule has 1 heterocycles. The number of nitrogens with zero attached hydrogens (tertiary/aromatic N) is 1. The van der Waals surface area contributed by atoms with Crippen LogP contribution in [0, 0.1) is 0 Å². The fraction of sp³-hybridized carbons (Fsp3) is 0.100. The molecule has 84 valence electrons. The molecule has 0 amide bonds. The van der Waals surface area contributed by atoms with Crippen LogP contribution < -0.4 is 5.73 Å². The molecule has 2 aromatic rings. The van der Waals surface area contributed by atoms with E-state index >= 15 is 0 Å². The van der Waals surface area contributed by atoms with Gasteiger partial charge in [0.05, 0.1) is 9.48 Å². The van der Waals surface area contributed by atoms with E-state index in [1.807, 2.05) is 12.1 Å². The van der Waals surface area contributed by atoms with Crippen molar-refractivity contribution >= 4 is 55.6 Å². The number of hydrogen-bond acceptors (Lipinski definition) is 3. The Morgan fingerprint density at radius 2 is 2.12 bits per heavy atom. The smallest absolute Gasteiger partial charge is 0.181 e. The third kappa shape index (κ3) is 2.69. The summed E-state index contributed by atoms with van der Waals surface area (Å²) in [4.78, 5) is 4.23. The van der Waals surface area contributed by atoms with Crippen molar-refractivity contribution in [2.75, 3.05) is 5.73 Å². The zero-order chi connectivity index (χ0) is 11.7. The number of rotatable bonds is 2. The largest absolute Gasteiger partial charge is 0.375 e. The molecule has 0 aliphatic carbocycles. The maximum absolute atomic E-state index is 6.08. The van der Waals surface area contributed by atoms with Gasteiger partial charge in [0, 0.05) is 16.5 Å². The number of thiazole rings is 1. The molecule has 1 aromatic carbocycles. The van der Waals surface area contributed by atoms with Gasteiger partial charge in [-0.05, 0) is 33.6 Å². The van der Waals surface area contributed by atoms with Crippen LogP contribution in [0.1, 0.15) is 11.3 Å². The predicted octanol–water partition coefficient (Wildman–Crippen LogP) is 4.39. The molecule has 0 fully saturated rings. The van der Waals surface area contributed by atoms with E-state index in [4.69, 9.17) is 28.9 Å². The number of halogens is 3. The van der Waals surface area contributed by atoms with Gasteiger partial charge in [-0.2, -0.15) is 0 Å². The van der Waals surface area contributed by atoms with Crippen LogP contribution >= 0.6 is 50.5 Å². The molecule has 16 heavy (non-hydrogen) atoms. The Morgan fingerprint density at radius 3 is 2.69 bits per heavy atom. The average Bonchev–Trinajstić information content (AvgIpc) is 2.50. The van der Waals surface area contributed by atoms with Gasteiger partial charge < -0.3 is 5.73 Å². The van der Waals surface area contributed by atoms with Crippen molar-refractivity contribution in [1.82, 2.24) is 4.98 Å². The summed E-state index contributed by atoms with van der Waals surface area (Å²) in [6.45, 7) is 0. The van der Waals surface area contributed by atoms with Crippen LogP contribution in [0.5, 0.6) is 0 Å². The SMILES string of the molecule is Nc1nc(Cc2ccc(Cl)cc2Cl)c(Br)s1. The molecule has 0 radical (unpaired) electrons. The molecular weight excluding hydrogens is 331 g/mol. The van der Waals surface area contributed by atoms with Crippen LogP contribution in [0.3, 0.4) is 0 Å². The number of anilines is 1. The van der Waals surface area contributed by atoms with Crippen molar-refractivity contribution < 1.29 is 0 Å². The van der Waals surface area contributed by atoms with Crippen LogP contribution in [-0.2, 0) is 6.42 Å². The van der Waals surface area contributed by atoms with Gasteiger partial charge in [-0.25, -0.2) is 4.98 Å². The summed E-state index contributed by atoms with van der Waals surface area (Å²) in [7, 11) is 0. The molecule has 0 aliphatic heterocycles. The molecule has 2 nitrogen and oxygen atoms in total. The average molecular weight is 338 g/mol. The van der Waals surface area contributed by atoms with Crippen LogP contribution in [-0.4, -0.2) is 4.98 Å². The van der Waals surface area contributed by atoms with E-state index in [1.165, 1.54) is 11.3 Å². The highest BCUT2D eigenvalue weighted by atomic mass is 79.9. The van der Waals surface area contributed by atoms with Gasteiger partial charge in [0.1, 0.15) is 0 Å². The normalized spacial score (nSPS) is 10.7. The maximum Gasteiger partial charge on any atom is 0.181 e. The van der Waals surface area contributed by atoms with E-state index < -0.39 is 0 Å². The molecule has 0 spiro atoms. The Labute approximate surface area is 116 Å². The minimum absolute atomic E-state index is 0.548. The summed E-state index contributed by atoms with van der Waals surface area (Å²) in [5.41, 5.74) is 7.50. The molecule has 6 heteroatoms. The number of nitrogen functional groups attached to an aromatic ring is 1. The third-order valence-electron chi connectivity index (χ3n) is 2.04. The second-order valence-corrected chi connectivity index (χ2v) is 6.38. The van der Waals surface area contributed by atoms with Gasteiger partial charge in [0.25, 0.3) is 0 Å². The Hall–Kier alpha value is -0.290. The molecule has 0 atom stereocenters. The standard InChI is InChI=1S/C10H7BrCl2N2S/c11-9-8(15-10(14)16-9)3-5-1-2-6(12)4-7(5)13/h1-2,4H,3H2,(H2,14,15). The van der Waals surface area contributed by atoms with E-state index in [0.717, 1.165) is 15.0 Å². The summed E-state index contributed by atoms with van der Waals surface area (Å²) in [5, 5.41) is 1.82. The molecule has 2 rings (SSSR count). The van der Waals surface area contributed by atoms with Gasteiger partial charge in [-0.1, -0.05) is 40.6 Å². The predicted molar refractivity (Wildman–Crippen MR) is 73.5 cm³/mol. The van der Waals surface area contributed by atoms with Crippen molar-refractivity contribution in [3.63, 3.8) is 0 Å². The highest BCUT2D eigenvalue weighted by Gasteiger charge is 2.10. The number of hydrogen-bond donors (Lipinski definition) is 1. The quantitative estimate of drug-likeness (QED) is 0.882. The van der Waals surface area contributed by atoms with Crippen molar-refractivity contribution in [1.29, 1.82) is 0 Å². The van der Waals surface area contributed by atoms with Gasteiger partial charge in [-0.15, -0.1) is 0 Å². The summed E-state index contributed by atoms with van der Waals surface area (Å²) in [6, 6.07) is 5.43. The van der Waals surface area contributed by atoms with Crippen molar-refractivity contribution in [2.45, 2.75) is 6.42 Å². The van der Waals surface area contributed by atoms with Crippen LogP contribution in [0.2, 0.25) is 10.0 Å². The zero-order valence-corrected chi connectivity index (χ0v) is 11.9. The molecule has 0 aliphatic rings. The molecule has 1 aromatic heterocycles. The summed E-state index contributed by atoms with van der Waals surface area (Å²) in [6.07, 6.45) is 0.643. The number of benzene rings is 1. The highest BCUT2D eigenvalue weighted by molar-refractivity contribution is 9.11. The van der Waals surface area contributed by atoms with E-state index in [1.54, 1.807) is 6.07 Å². The maximum atomic E-state index is 6.08. The minimum atomic E-state index is 0.548. The first-order valence-electron chi connectivity index (χ1n) is 4.41. The molecular formula is C10H7BrCl2N2S. The van der Waals surface area contributed by atoms with Crippen LogP contribution in [0.4, 0.5) is 5.13 Å². The van der Waals surface area contributed by atoms with Gasteiger partial charge in [-0.3, -0.25) is 0 Å². The number of nitrogens with two attached hydrogens (primary N) is 1. The first kappa shape index (κ1) is 12.2. The van der Waals surface area contributed by atoms with E-state index in [-0.39, 0.29) is 0 Å². The molecule has 0 bridgehead atoms. The van der Waals surface area contributed by atoms with Crippen molar-refractivity contribution in [3.8, 4) is 0 Å². The first-order chi connectivity index (χ1) is 7.56. The lowest BCUT2D eigenvalue weighted by Gasteiger charge is -2.02. The van der Waals surface area contributed by atoms with Crippen LogP contribution in [0.15, 0.2) is 22.0 Å². The van der Waals surface area contributed by atoms with Gasteiger partial charge in [0.15, 0.2) is 5.13 Å². The van der Waals surface area contributed by atoms with E-state index in [9.17, 15) is 0 Å². The monoisotopic (exact) mass is 336 g/mol. The second kappa shape index (κ2) is 4.92. The lowest BCUT2D eigenvalue weighted by Crippen LogP contribution is -1.91. The zero-order valence-electron chi connectivity index (χ0n) is 8.01. The summed E-state index contributed by atoms with van der Waals surface area (Å²) in [5.74, 6) is 0. The Balaban J connectivity index is 2.30. The number of aromatic nitrogens is 1. The fourth-order valence-electron chi connectivity index (χ4n) is 1.30. The van der Waals surface area contributed by atoms with Gasteiger partial charge >= 0.3 is 0 Å². The molecule has 0 saturated heterocycles. The lowest BCUT2D eigenvalue weighted by molar-refractivity contribution is 1.10. The molecule has 0 unspecified atom stereocenters. The molecule has 0 saturated carbocycles. The highest BCUT2D eigenvalue weighted by Crippen LogP contribution is 2.30. The van der Waals surface area contributed by atoms with Crippen molar-refractivity contribution in [3.05, 3.63) is 43.3 Å². The fourth-order valence-corrected chi connectivity index (χ4v) is 3.08. The van der Waals surface area contributed by atoms with Gasteiger partial charge in [0.2, 0.25) is 0 Å². The van der Waals surface area contributed by atoms with E-state index in [2.05, 4.69) is 20.9 Å². The minimum Gasteiger partial charge on any atom is -0.375 e. The Kier molecular flexibility index (Phi) is 3.74.